The zero-order chi connectivity index (χ0) is 13.1. The molecule has 1 heterocycles. The normalized spacial score (nSPS) is 30.4. The predicted molar refractivity (Wildman–Crippen MR) is 70.0 cm³/mol. The molecule has 2 fully saturated rings. The van der Waals surface area contributed by atoms with Crippen LogP contribution in [0.3, 0.4) is 0 Å². The Morgan fingerprint density at radius 1 is 1.17 bits per heavy atom. The van der Waals surface area contributed by atoms with Gasteiger partial charge in [-0.3, -0.25) is 9.59 Å². The molecule has 0 bridgehead atoms. The van der Waals surface area contributed by atoms with E-state index in [-0.39, 0.29) is 23.9 Å². The fourth-order valence-electron chi connectivity index (χ4n) is 3.35. The van der Waals surface area contributed by atoms with Crippen LogP contribution in [0.5, 0.6) is 0 Å². The topological polar surface area (TPSA) is 49.4 Å². The summed E-state index contributed by atoms with van der Waals surface area (Å²) in [5.41, 5.74) is 0. The van der Waals surface area contributed by atoms with Gasteiger partial charge in [-0.1, -0.05) is 26.2 Å². The number of nitrogens with zero attached hydrogens (tertiary/aromatic N) is 1. The number of piperazine rings is 1. The lowest BCUT2D eigenvalue weighted by Crippen LogP contribution is -2.65. The van der Waals surface area contributed by atoms with Gasteiger partial charge in [0.15, 0.2) is 0 Å². The summed E-state index contributed by atoms with van der Waals surface area (Å²) in [4.78, 5) is 26.4. The highest BCUT2D eigenvalue weighted by Gasteiger charge is 2.42. The first-order chi connectivity index (χ1) is 8.69. The molecule has 1 saturated carbocycles. The van der Waals surface area contributed by atoms with Crippen LogP contribution in [0.4, 0.5) is 0 Å². The van der Waals surface area contributed by atoms with E-state index in [2.05, 4.69) is 5.32 Å². The molecule has 0 spiro atoms. The molecule has 2 atom stereocenters. The fraction of sp³-hybridized carbons (Fsp3) is 0.857. The summed E-state index contributed by atoms with van der Waals surface area (Å²) in [6.07, 6.45) is 6.49. The van der Waals surface area contributed by atoms with Gasteiger partial charge in [0.2, 0.25) is 11.8 Å². The van der Waals surface area contributed by atoms with Crippen molar-refractivity contribution in [2.45, 2.75) is 64.5 Å². The standard InChI is InChI=1S/C14H24N2O2/c1-3-11-14(18)16(4-2)12(13(17)15-11)10-8-6-5-7-9-10/h10-12H,3-9H2,1-2H3,(H,15,17). The van der Waals surface area contributed by atoms with Crippen molar-refractivity contribution in [3.8, 4) is 0 Å². The summed E-state index contributed by atoms with van der Waals surface area (Å²) < 4.78 is 0. The van der Waals surface area contributed by atoms with E-state index in [0.717, 1.165) is 12.8 Å². The van der Waals surface area contributed by atoms with E-state index in [1.807, 2.05) is 18.7 Å². The van der Waals surface area contributed by atoms with Crippen LogP contribution in [0.2, 0.25) is 0 Å². The molecule has 0 aromatic carbocycles. The van der Waals surface area contributed by atoms with Gasteiger partial charge < -0.3 is 10.2 Å². The summed E-state index contributed by atoms with van der Waals surface area (Å²) in [5, 5.41) is 2.90. The largest absolute Gasteiger partial charge is 0.343 e. The van der Waals surface area contributed by atoms with E-state index in [1.165, 1.54) is 19.3 Å². The number of carbonyl (C=O) groups excluding carboxylic acids is 2. The highest BCUT2D eigenvalue weighted by Crippen LogP contribution is 2.31. The minimum atomic E-state index is -0.308. The average molecular weight is 252 g/mol. The first-order valence-electron chi connectivity index (χ1n) is 7.29. The van der Waals surface area contributed by atoms with Crippen molar-refractivity contribution in [1.29, 1.82) is 0 Å². The molecule has 2 aliphatic rings. The van der Waals surface area contributed by atoms with Crippen molar-refractivity contribution in [1.82, 2.24) is 10.2 Å². The Hall–Kier alpha value is -1.06. The van der Waals surface area contributed by atoms with Gasteiger partial charge in [0.1, 0.15) is 12.1 Å². The van der Waals surface area contributed by atoms with E-state index in [0.29, 0.717) is 18.9 Å². The monoisotopic (exact) mass is 252 g/mol. The number of carbonyl (C=O) groups is 2. The SMILES string of the molecule is CCC1NC(=O)C(C2CCCCC2)N(CC)C1=O. The molecule has 0 radical (unpaired) electrons. The molecular formula is C14H24N2O2. The fourth-order valence-corrected chi connectivity index (χ4v) is 3.35. The quantitative estimate of drug-likeness (QED) is 0.831. The molecule has 2 rings (SSSR count). The van der Waals surface area contributed by atoms with Crippen molar-refractivity contribution in [3.63, 3.8) is 0 Å². The Morgan fingerprint density at radius 2 is 1.83 bits per heavy atom. The summed E-state index contributed by atoms with van der Waals surface area (Å²) in [6, 6.07) is -0.525. The van der Waals surface area contributed by atoms with Gasteiger partial charge in [-0.15, -0.1) is 0 Å². The average Bonchev–Trinajstić information content (AvgIpc) is 2.41. The molecule has 0 aromatic rings. The number of hydrogen-bond donors (Lipinski definition) is 1. The summed E-state index contributed by atoms with van der Waals surface area (Å²) in [7, 11) is 0. The van der Waals surface area contributed by atoms with Gasteiger partial charge in [0.05, 0.1) is 0 Å². The highest BCUT2D eigenvalue weighted by molar-refractivity contribution is 5.97. The smallest absolute Gasteiger partial charge is 0.245 e. The van der Waals surface area contributed by atoms with Crippen LogP contribution in [0.15, 0.2) is 0 Å². The van der Waals surface area contributed by atoms with Crippen molar-refractivity contribution in [2.24, 2.45) is 5.92 Å². The Labute approximate surface area is 109 Å². The summed E-state index contributed by atoms with van der Waals surface area (Å²) in [6.45, 7) is 4.56. The third-order valence-corrected chi connectivity index (χ3v) is 4.35. The highest BCUT2D eigenvalue weighted by atomic mass is 16.2. The minimum absolute atomic E-state index is 0.0650. The van der Waals surface area contributed by atoms with Gasteiger partial charge in [-0.05, 0) is 32.1 Å². The molecule has 18 heavy (non-hydrogen) atoms. The lowest BCUT2D eigenvalue weighted by molar-refractivity contribution is -0.152. The van der Waals surface area contributed by atoms with Crippen LogP contribution in [0, 0.1) is 5.92 Å². The number of hydrogen-bond acceptors (Lipinski definition) is 2. The first kappa shape index (κ1) is 13.4. The van der Waals surface area contributed by atoms with Crippen LogP contribution < -0.4 is 5.32 Å². The Balaban J connectivity index is 2.16. The third-order valence-electron chi connectivity index (χ3n) is 4.35. The zero-order valence-electron chi connectivity index (χ0n) is 11.4. The maximum Gasteiger partial charge on any atom is 0.245 e. The molecule has 1 saturated heterocycles. The molecule has 1 N–H and O–H groups in total. The van der Waals surface area contributed by atoms with Crippen molar-refractivity contribution < 1.29 is 9.59 Å². The second-order valence-electron chi connectivity index (χ2n) is 5.44. The molecular weight excluding hydrogens is 228 g/mol. The summed E-state index contributed by atoms with van der Waals surface area (Å²) >= 11 is 0. The van der Waals surface area contributed by atoms with Gasteiger partial charge in [-0.2, -0.15) is 0 Å². The first-order valence-corrected chi connectivity index (χ1v) is 7.29. The molecule has 4 nitrogen and oxygen atoms in total. The van der Waals surface area contributed by atoms with Crippen LogP contribution in [0.1, 0.15) is 52.4 Å². The van der Waals surface area contributed by atoms with Gasteiger partial charge in [-0.25, -0.2) is 0 Å². The van der Waals surface area contributed by atoms with Gasteiger partial charge >= 0.3 is 0 Å². The molecule has 102 valence electrons. The number of amides is 2. The second kappa shape index (κ2) is 5.72. The van der Waals surface area contributed by atoms with Gasteiger partial charge in [0.25, 0.3) is 0 Å². The maximum absolute atomic E-state index is 12.3. The minimum Gasteiger partial charge on any atom is -0.343 e. The van der Waals surface area contributed by atoms with Crippen LogP contribution >= 0.6 is 0 Å². The molecule has 1 aliphatic carbocycles. The van der Waals surface area contributed by atoms with Crippen LogP contribution in [-0.2, 0) is 9.59 Å². The zero-order valence-corrected chi connectivity index (χ0v) is 11.4. The summed E-state index contributed by atoms with van der Waals surface area (Å²) in [5.74, 6) is 0.533. The molecule has 2 amide bonds. The van der Waals surface area contributed by atoms with Gasteiger partial charge in [0, 0.05) is 6.54 Å². The Kier molecular flexibility index (Phi) is 4.25. The van der Waals surface area contributed by atoms with E-state index >= 15 is 0 Å². The Bertz CT molecular complexity index is 324. The molecule has 0 aromatic heterocycles. The van der Waals surface area contributed by atoms with Crippen LogP contribution in [-0.4, -0.2) is 35.3 Å². The van der Waals surface area contributed by atoms with E-state index < -0.39 is 0 Å². The molecule has 2 unspecified atom stereocenters. The number of rotatable bonds is 3. The van der Waals surface area contributed by atoms with Crippen molar-refractivity contribution in [3.05, 3.63) is 0 Å². The predicted octanol–water partition coefficient (Wildman–Crippen LogP) is 1.69. The third kappa shape index (κ3) is 2.38. The van der Waals surface area contributed by atoms with E-state index in [4.69, 9.17) is 0 Å². The maximum atomic E-state index is 12.3. The lowest BCUT2D eigenvalue weighted by atomic mass is 9.81. The molecule has 1 aliphatic heterocycles. The number of nitrogens with one attached hydrogen (secondary N) is 1. The molecule has 4 heteroatoms. The van der Waals surface area contributed by atoms with Crippen LogP contribution in [0.25, 0.3) is 0 Å². The lowest BCUT2D eigenvalue weighted by Gasteiger charge is -2.42. The number of likely N-dealkylation sites (N-methyl/N-ethyl adjacent to an activating group) is 1. The Morgan fingerprint density at radius 3 is 2.39 bits per heavy atom. The van der Waals surface area contributed by atoms with Crippen molar-refractivity contribution in [2.75, 3.05) is 6.54 Å². The second-order valence-corrected chi connectivity index (χ2v) is 5.44. The van der Waals surface area contributed by atoms with E-state index in [1.54, 1.807) is 0 Å². The van der Waals surface area contributed by atoms with E-state index in [9.17, 15) is 9.59 Å². The van der Waals surface area contributed by atoms with Crippen molar-refractivity contribution >= 4 is 11.8 Å².